The number of para-hydroxylation sites is 1. The summed E-state index contributed by atoms with van der Waals surface area (Å²) in [5, 5.41) is 15.9. The van der Waals surface area contributed by atoms with Gasteiger partial charge in [0.1, 0.15) is 5.75 Å². The lowest BCUT2D eigenvalue weighted by atomic mass is 10.2. The zero-order valence-corrected chi connectivity index (χ0v) is 15.2. The number of amides is 2. The number of nitro benzene ring substituents is 1. The van der Waals surface area contributed by atoms with Gasteiger partial charge in [-0.25, -0.2) is 0 Å². The van der Waals surface area contributed by atoms with Crippen LogP contribution in [0.3, 0.4) is 0 Å². The van der Waals surface area contributed by atoms with Crippen LogP contribution in [-0.4, -0.2) is 23.3 Å². The molecule has 2 aromatic carbocycles. The fraction of sp³-hybridized carbons (Fsp3) is 0.263. The molecule has 0 bridgehead atoms. The molecular formula is C19H21N3O5. The lowest BCUT2D eigenvalue weighted by Gasteiger charge is -2.13. The highest BCUT2D eigenvalue weighted by molar-refractivity contribution is 6.39. The van der Waals surface area contributed by atoms with Crippen LogP contribution in [0.1, 0.15) is 24.5 Å². The molecule has 0 unspecified atom stereocenters. The zero-order valence-electron chi connectivity index (χ0n) is 15.2. The second kappa shape index (κ2) is 9.33. The Morgan fingerprint density at radius 3 is 2.59 bits per heavy atom. The molecule has 0 aliphatic heterocycles. The minimum absolute atomic E-state index is 0.119. The average Bonchev–Trinajstić information content (AvgIpc) is 2.66. The van der Waals surface area contributed by atoms with Gasteiger partial charge < -0.3 is 15.4 Å². The van der Waals surface area contributed by atoms with E-state index in [2.05, 4.69) is 10.6 Å². The van der Waals surface area contributed by atoms with Crippen LogP contribution in [0.5, 0.6) is 5.75 Å². The lowest BCUT2D eigenvalue weighted by Crippen LogP contribution is -2.35. The molecule has 2 rings (SSSR count). The Morgan fingerprint density at radius 1 is 1.15 bits per heavy atom. The van der Waals surface area contributed by atoms with Crippen LogP contribution in [0.25, 0.3) is 0 Å². The number of ether oxygens (including phenoxy) is 1. The van der Waals surface area contributed by atoms with Crippen molar-refractivity contribution in [3.05, 3.63) is 63.7 Å². The number of rotatable bonds is 7. The van der Waals surface area contributed by atoms with Gasteiger partial charge in [-0.1, -0.05) is 31.2 Å². The predicted molar refractivity (Wildman–Crippen MR) is 101 cm³/mol. The maximum absolute atomic E-state index is 12.2. The van der Waals surface area contributed by atoms with Crippen molar-refractivity contribution < 1.29 is 19.2 Å². The van der Waals surface area contributed by atoms with Crippen molar-refractivity contribution >= 4 is 23.2 Å². The minimum Gasteiger partial charge on any atom is -0.491 e. The first-order valence-corrected chi connectivity index (χ1v) is 8.47. The third-order valence-corrected chi connectivity index (χ3v) is 3.68. The smallest absolute Gasteiger partial charge is 0.313 e. The maximum atomic E-state index is 12.2. The summed E-state index contributed by atoms with van der Waals surface area (Å²) in [5.74, 6) is -1.29. The highest BCUT2D eigenvalue weighted by atomic mass is 16.6. The summed E-state index contributed by atoms with van der Waals surface area (Å²) in [7, 11) is 0. The molecule has 0 spiro atoms. The standard InChI is InChI=1S/C19H21N3O5/c1-3-10-27-17-11-13(2)8-9-15(17)21-19(24)18(23)20-12-14-6-4-5-7-16(14)22(25)26/h4-9,11H,3,10,12H2,1-2H3,(H,20,23)(H,21,24). The van der Waals surface area contributed by atoms with E-state index in [0.717, 1.165) is 12.0 Å². The number of carbonyl (C=O) groups is 2. The fourth-order valence-corrected chi connectivity index (χ4v) is 2.34. The number of nitrogens with zero attached hydrogens (tertiary/aromatic N) is 1. The van der Waals surface area contributed by atoms with E-state index in [0.29, 0.717) is 23.6 Å². The van der Waals surface area contributed by atoms with E-state index in [1.807, 2.05) is 13.8 Å². The first-order chi connectivity index (χ1) is 12.9. The van der Waals surface area contributed by atoms with Crippen LogP contribution in [-0.2, 0) is 16.1 Å². The van der Waals surface area contributed by atoms with Crippen molar-refractivity contribution in [3.8, 4) is 5.75 Å². The van der Waals surface area contributed by atoms with Crippen molar-refractivity contribution in [2.24, 2.45) is 0 Å². The van der Waals surface area contributed by atoms with Crippen LogP contribution in [0.2, 0.25) is 0 Å². The largest absolute Gasteiger partial charge is 0.491 e. The molecule has 0 aliphatic carbocycles. The molecule has 0 radical (unpaired) electrons. The molecule has 142 valence electrons. The summed E-state index contributed by atoms with van der Waals surface area (Å²) in [5.41, 5.74) is 1.54. The number of anilines is 1. The molecule has 0 saturated heterocycles. The number of carbonyl (C=O) groups excluding carboxylic acids is 2. The Morgan fingerprint density at radius 2 is 1.89 bits per heavy atom. The zero-order chi connectivity index (χ0) is 19.8. The van der Waals surface area contributed by atoms with Gasteiger partial charge in [-0.05, 0) is 31.0 Å². The summed E-state index contributed by atoms with van der Waals surface area (Å²) >= 11 is 0. The highest BCUT2D eigenvalue weighted by Crippen LogP contribution is 2.26. The molecule has 2 N–H and O–H groups in total. The van der Waals surface area contributed by atoms with Crippen molar-refractivity contribution in [1.29, 1.82) is 0 Å². The molecule has 0 atom stereocenters. The van der Waals surface area contributed by atoms with E-state index >= 15 is 0 Å². The van der Waals surface area contributed by atoms with E-state index in [9.17, 15) is 19.7 Å². The van der Waals surface area contributed by atoms with Gasteiger partial charge in [0, 0.05) is 11.6 Å². The van der Waals surface area contributed by atoms with E-state index in [4.69, 9.17) is 4.74 Å². The molecule has 2 amide bonds. The summed E-state index contributed by atoms with van der Waals surface area (Å²) in [6, 6.07) is 11.2. The van der Waals surface area contributed by atoms with Gasteiger partial charge in [-0.2, -0.15) is 0 Å². The van der Waals surface area contributed by atoms with Gasteiger partial charge in [-0.3, -0.25) is 19.7 Å². The molecule has 0 saturated carbocycles. The maximum Gasteiger partial charge on any atom is 0.313 e. The Bertz CT molecular complexity index is 851. The Hall–Kier alpha value is -3.42. The number of nitrogens with one attached hydrogen (secondary N) is 2. The number of nitro groups is 1. The van der Waals surface area contributed by atoms with Crippen LogP contribution >= 0.6 is 0 Å². The van der Waals surface area contributed by atoms with E-state index in [-0.39, 0.29) is 12.2 Å². The summed E-state index contributed by atoms with van der Waals surface area (Å²) in [4.78, 5) is 34.7. The Balaban J connectivity index is 2.02. The molecule has 0 aliphatic rings. The van der Waals surface area contributed by atoms with Crippen LogP contribution in [0.4, 0.5) is 11.4 Å². The van der Waals surface area contributed by atoms with Gasteiger partial charge in [-0.15, -0.1) is 0 Å². The molecule has 2 aromatic rings. The van der Waals surface area contributed by atoms with Crippen LogP contribution in [0, 0.1) is 17.0 Å². The lowest BCUT2D eigenvalue weighted by molar-refractivity contribution is -0.385. The quantitative estimate of drug-likeness (QED) is 0.442. The number of benzene rings is 2. The first kappa shape index (κ1) is 19.9. The van der Waals surface area contributed by atoms with Crippen molar-refractivity contribution in [2.75, 3.05) is 11.9 Å². The fourth-order valence-electron chi connectivity index (χ4n) is 2.34. The van der Waals surface area contributed by atoms with Crippen LogP contribution in [0.15, 0.2) is 42.5 Å². The average molecular weight is 371 g/mol. The minimum atomic E-state index is -0.893. The third-order valence-electron chi connectivity index (χ3n) is 3.68. The van der Waals surface area contributed by atoms with Gasteiger partial charge in [0.2, 0.25) is 0 Å². The molecule has 8 nitrogen and oxygen atoms in total. The summed E-state index contributed by atoms with van der Waals surface area (Å²) in [6.45, 7) is 4.21. The Labute approximate surface area is 156 Å². The number of hydrogen-bond donors (Lipinski definition) is 2. The molecule has 0 aromatic heterocycles. The molecule has 0 fully saturated rings. The second-order valence-corrected chi connectivity index (χ2v) is 5.87. The van der Waals surface area contributed by atoms with Crippen molar-refractivity contribution in [3.63, 3.8) is 0 Å². The Kier molecular flexibility index (Phi) is 6.87. The van der Waals surface area contributed by atoms with E-state index < -0.39 is 16.7 Å². The van der Waals surface area contributed by atoms with Crippen molar-refractivity contribution in [2.45, 2.75) is 26.8 Å². The van der Waals surface area contributed by atoms with Crippen LogP contribution < -0.4 is 15.4 Å². The predicted octanol–water partition coefficient (Wildman–Crippen LogP) is 2.95. The van der Waals surface area contributed by atoms with Gasteiger partial charge >= 0.3 is 11.8 Å². The summed E-state index contributed by atoms with van der Waals surface area (Å²) in [6.07, 6.45) is 0.803. The number of hydrogen-bond acceptors (Lipinski definition) is 5. The van der Waals surface area contributed by atoms with Gasteiger partial charge in [0.25, 0.3) is 5.69 Å². The van der Waals surface area contributed by atoms with E-state index in [1.54, 1.807) is 24.3 Å². The summed E-state index contributed by atoms with van der Waals surface area (Å²) < 4.78 is 5.60. The third kappa shape index (κ3) is 5.53. The van der Waals surface area contributed by atoms with E-state index in [1.165, 1.54) is 18.2 Å². The molecule has 0 heterocycles. The molecule has 27 heavy (non-hydrogen) atoms. The second-order valence-electron chi connectivity index (χ2n) is 5.87. The normalized spacial score (nSPS) is 10.1. The topological polar surface area (TPSA) is 111 Å². The first-order valence-electron chi connectivity index (χ1n) is 8.47. The molecular weight excluding hydrogens is 350 g/mol. The molecule has 8 heteroatoms. The SMILES string of the molecule is CCCOc1cc(C)ccc1NC(=O)C(=O)NCc1ccccc1[N+](=O)[O-]. The number of aryl methyl sites for hydroxylation is 1. The van der Waals surface area contributed by atoms with Gasteiger partial charge in [0.15, 0.2) is 0 Å². The highest BCUT2D eigenvalue weighted by Gasteiger charge is 2.18. The van der Waals surface area contributed by atoms with Gasteiger partial charge in [0.05, 0.1) is 23.8 Å². The van der Waals surface area contributed by atoms with Crippen molar-refractivity contribution in [1.82, 2.24) is 5.32 Å². The monoisotopic (exact) mass is 371 g/mol.